The van der Waals surface area contributed by atoms with Gasteiger partial charge in [-0.15, -0.1) is 0 Å². The summed E-state index contributed by atoms with van der Waals surface area (Å²) in [6.07, 6.45) is 0.662. The lowest BCUT2D eigenvalue weighted by atomic mass is 10.1. The lowest BCUT2D eigenvalue weighted by Gasteiger charge is -2.28. The van der Waals surface area contributed by atoms with Crippen LogP contribution in [0.3, 0.4) is 0 Å². The average Bonchev–Trinajstić information content (AvgIpc) is 2.32. The van der Waals surface area contributed by atoms with Gasteiger partial charge >= 0.3 is 0 Å². The SMILES string of the molecule is Nc1ccc(CS(=O)(=O)N2CCC(O)CC2)cc1. The van der Waals surface area contributed by atoms with E-state index < -0.39 is 10.0 Å². The van der Waals surface area contributed by atoms with Crippen LogP contribution in [-0.2, 0) is 15.8 Å². The van der Waals surface area contributed by atoms with E-state index in [1.807, 2.05) is 0 Å². The maximum atomic E-state index is 12.2. The number of anilines is 1. The van der Waals surface area contributed by atoms with E-state index in [-0.39, 0.29) is 11.9 Å². The zero-order valence-corrected chi connectivity index (χ0v) is 10.9. The van der Waals surface area contributed by atoms with Crippen molar-refractivity contribution in [3.63, 3.8) is 0 Å². The van der Waals surface area contributed by atoms with Crippen molar-refractivity contribution >= 4 is 15.7 Å². The van der Waals surface area contributed by atoms with E-state index in [4.69, 9.17) is 5.73 Å². The maximum Gasteiger partial charge on any atom is 0.218 e. The molecule has 0 unspecified atom stereocenters. The van der Waals surface area contributed by atoms with Crippen LogP contribution in [-0.4, -0.2) is 37.0 Å². The molecule has 6 heteroatoms. The van der Waals surface area contributed by atoms with Crippen molar-refractivity contribution in [2.24, 2.45) is 0 Å². The van der Waals surface area contributed by atoms with Crippen LogP contribution in [0.15, 0.2) is 24.3 Å². The highest BCUT2D eigenvalue weighted by Gasteiger charge is 2.27. The van der Waals surface area contributed by atoms with Crippen molar-refractivity contribution in [2.45, 2.75) is 24.7 Å². The highest BCUT2D eigenvalue weighted by molar-refractivity contribution is 7.88. The molecule has 5 nitrogen and oxygen atoms in total. The molecule has 0 atom stereocenters. The average molecular weight is 270 g/mol. The van der Waals surface area contributed by atoms with Gasteiger partial charge in [0.05, 0.1) is 11.9 Å². The summed E-state index contributed by atoms with van der Waals surface area (Å²) < 4.78 is 25.8. The summed E-state index contributed by atoms with van der Waals surface area (Å²) in [4.78, 5) is 0. The largest absolute Gasteiger partial charge is 0.399 e. The van der Waals surface area contributed by atoms with E-state index in [0.29, 0.717) is 31.6 Å². The third kappa shape index (κ3) is 3.22. The summed E-state index contributed by atoms with van der Waals surface area (Å²) in [5, 5.41) is 9.38. The number of nitrogen functional groups attached to an aromatic ring is 1. The van der Waals surface area contributed by atoms with E-state index in [1.54, 1.807) is 24.3 Å². The fraction of sp³-hybridized carbons (Fsp3) is 0.500. The Morgan fingerprint density at radius 2 is 1.78 bits per heavy atom. The second-order valence-electron chi connectivity index (χ2n) is 4.63. The molecule has 1 aliphatic heterocycles. The van der Waals surface area contributed by atoms with E-state index >= 15 is 0 Å². The second kappa shape index (κ2) is 5.26. The van der Waals surface area contributed by atoms with Crippen molar-refractivity contribution in [1.29, 1.82) is 0 Å². The molecule has 1 heterocycles. The zero-order valence-electron chi connectivity index (χ0n) is 10.1. The molecule has 0 amide bonds. The van der Waals surface area contributed by atoms with Gasteiger partial charge in [0.2, 0.25) is 10.0 Å². The molecule has 1 saturated heterocycles. The molecule has 3 N–H and O–H groups in total. The van der Waals surface area contributed by atoms with E-state index in [2.05, 4.69) is 0 Å². The molecule has 2 rings (SSSR count). The summed E-state index contributed by atoms with van der Waals surface area (Å²) >= 11 is 0. The summed E-state index contributed by atoms with van der Waals surface area (Å²) in [6.45, 7) is 0.803. The Morgan fingerprint density at radius 3 is 2.33 bits per heavy atom. The number of aliphatic hydroxyl groups is 1. The molecule has 0 bridgehead atoms. The molecular weight excluding hydrogens is 252 g/mol. The number of rotatable bonds is 3. The first kappa shape index (κ1) is 13.3. The third-order valence-corrected chi connectivity index (χ3v) is 5.00. The molecule has 1 aromatic rings. The lowest BCUT2D eigenvalue weighted by Crippen LogP contribution is -2.40. The predicted molar refractivity (Wildman–Crippen MR) is 70.3 cm³/mol. The minimum atomic E-state index is -3.29. The van der Waals surface area contributed by atoms with Gasteiger partial charge in [-0.25, -0.2) is 12.7 Å². The van der Waals surface area contributed by atoms with Crippen molar-refractivity contribution in [1.82, 2.24) is 4.31 Å². The number of hydrogen-bond acceptors (Lipinski definition) is 4. The summed E-state index contributed by atoms with van der Waals surface area (Å²) in [7, 11) is -3.29. The molecule has 1 aliphatic rings. The van der Waals surface area contributed by atoms with Gasteiger partial charge in [-0.3, -0.25) is 0 Å². The van der Waals surface area contributed by atoms with Crippen molar-refractivity contribution < 1.29 is 13.5 Å². The smallest absolute Gasteiger partial charge is 0.218 e. The standard InChI is InChI=1S/C12H18N2O3S/c13-11-3-1-10(2-4-11)9-18(16,17)14-7-5-12(15)6-8-14/h1-4,12,15H,5-9,13H2. The van der Waals surface area contributed by atoms with Crippen LogP contribution >= 0.6 is 0 Å². The zero-order chi connectivity index (χ0) is 13.2. The normalized spacial score (nSPS) is 18.9. The first-order valence-corrected chi connectivity index (χ1v) is 7.58. The first-order valence-electron chi connectivity index (χ1n) is 5.98. The van der Waals surface area contributed by atoms with Gasteiger partial charge < -0.3 is 10.8 Å². The highest BCUT2D eigenvalue weighted by atomic mass is 32.2. The van der Waals surface area contributed by atoms with Crippen molar-refractivity contribution in [3.05, 3.63) is 29.8 Å². The van der Waals surface area contributed by atoms with Crippen molar-refractivity contribution in [3.8, 4) is 0 Å². The fourth-order valence-electron chi connectivity index (χ4n) is 2.04. The monoisotopic (exact) mass is 270 g/mol. The Labute approximate surface area is 107 Å². The van der Waals surface area contributed by atoms with Gasteiger partial charge in [0, 0.05) is 18.8 Å². The Balaban J connectivity index is 2.05. The number of nitrogens with two attached hydrogens (primary N) is 1. The quantitative estimate of drug-likeness (QED) is 0.786. The van der Waals surface area contributed by atoms with Gasteiger partial charge in [0.25, 0.3) is 0 Å². The van der Waals surface area contributed by atoms with Crippen LogP contribution in [0.2, 0.25) is 0 Å². The van der Waals surface area contributed by atoms with E-state index in [1.165, 1.54) is 4.31 Å². The molecular formula is C12H18N2O3S. The molecule has 0 aliphatic carbocycles. The Kier molecular flexibility index (Phi) is 3.89. The molecule has 18 heavy (non-hydrogen) atoms. The first-order chi connectivity index (χ1) is 8.47. The van der Waals surface area contributed by atoms with E-state index in [0.717, 1.165) is 5.56 Å². The number of sulfonamides is 1. The molecule has 0 aromatic heterocycles. The minimum absolute atomic E-state index is 0.0105. The molecule has 1 aromatic carbocycles. The Bertz CT molecular complexity index is 491. The van der Waals surface area contributed by atoms with Gasteiger partial charge in [0.1, 0.15) is 0 Å². The van der Waals surface area contributed by atoms with Gasteiger partial charge in [-0.2, -0.15) is 0 Å². The number of nitrogens with zero attached hydrogens (tertiary/aromatic N) is 1. The maximum absolute atomic E-state index is 12.2. The van der Waals surface area contributed by atoms with Crippen LogP contribution < -0.4 is 5.73 Å². The molecule has 0 saturated carbocycles. The summed E-state index contributed by atoms with van der Waals surface area (Å²) in [6, 6.07) is 6.85. The molecule has 1 fully saturated rings. The van der Waals surface area contributed by atoms with Crippen LogP contribution in [0, 0.1) is 0 Å². The van der Waals surface area contributed by atoms with Crippen LogP contribution in [0.25, 0.3) is 0 Å². The summed E-state index contributed by atoms with van der Waals surface area (Å²) in [5.74, 6) is -0.0105. The minimum Gasteiger partial charge on any atom is -0.399 e. The summed E-state index contributed by atoms with van der Waals surface area (Å²) in [5.41, 5.74) is 6.92. The highest BCUT2D eigenvalue weighted by Crippen LogP contribution is 2.18. The van der Waals surface area contributed by atoms with Crippen LogP contribution in [0.1, 0.15) is 18.4 Å². The van der Waals surface area contributed by atoms with Crippen LogP contribution in [0.4, 0.5) is 5.69 Å². The Hall–Kier alpha value is -1.11. The predicted octanol–water partition coefficient (Wildman–Crippen LogP) is 0.555. The number of hydrogen-bond donors (Lipinski definition) is 2. The number of piperidine rings is 1. The number of aliphatic hydroxyl groups excluding tert-OH is 1. The van der Waals surface area contributed by atoms with Crippen LogP contribution in [0.5, 0.6) is 0 Å². The Morgan fingerprint density at radius 1 is 1.22 bits per heavy atom. The second-order valence-corrected chi connectivity index (χ2v) is 6.60. The van der Waals surface area contributed by atoms with Crippen molar-refractivity contribution in [2.75, 3.05) is 18.8 Å². The lowest BCUT2D eigenvalue weighted by molar-refractivity contribution is 0.113. The van der Waals surface area contributed by atoms with E-state index in [9.17, 15) is 13.5 Å². The third-order valence-electron chi connectivity index (χ3n) is 3.15. The van der Waals surface area contributed by atoms with Gasteiger partial charge in [-0.05, 0) is 30.5 Å². The molecule has 0 spiro atoms. The number of benzene rings is 1. The van der Waals surface area contributed by atoms with Gasteiger partial charge in [-0.1, -0.05) is 12.1 Å². The molecule has 100 valence electrons. The molecule has 0 radical (unpaired) electrons. The van der Waals surface area contributed by atoms with Gasteiger partial charge in [0.15, 0.2) is 0 Å². The fourth-order valence-corrected chi connectivity index (χ4v) is 3.60. The topological polar surface area (TPSA) is 83.6 Å².